The maximum atomic E-state index is 4.89. The number of anilines is 2. The van der Waals surface area contributed by atoms with E-state index in [4.69, 9.17) is 4.98 Å². The second kappa shape index (κ2) is 6.63. The molecule has 0 aliphatic heterocycles. The van der Waals surface area contributed by atoms with Gasteiger partial charge in [-0.25, -0.2) is 9.97 Å². The van der Waals surface area contributed by atoms with Crippen molar-refractivity contribution in [2.75, 3.05) is 23.8 Å². The molecule has 1 saturated carbocycles. The van der Waals surface area contributed by atoms with Gasteiger partial charge in [-0.1, -0.05) is 27.7 Å². The van der Waals surface area contributed by atoms with Crippen LogP contribution in [0.2, 0.25) is 0 Å². The van der Waals surface area contributed by atoms with E-state index in [-0.39, 0.29) is 0 Å². The molecule has 0 bridgehead atoms. The molecule has 2 rings (SSSR count). The van der Waals surface area contributed by atoms with Crippen LogP contribution in [0.15, 0.2) is 0 Å². The quantitative estimate of drug-likeness (QED) is 0.825. The zero-order chi connectivity index (χ0) is 15.6. The summed E-state index contributed by atoms with van der Waals surface area (Å²) in [6, 6.07) is 0.682. The van der Waals surface area contributed by atoms with E-state index in [9.17, 15) is 0 Å². The standard InChI is InChI=1S/C17H30N4/c1-11(2)9-10-21(14-7-8-14)17-13(5)16(18-6)19-15(20-17)12(3)4/h11-12,14H,7-10H2,1-6H3,(H,18,19,20). The van der Waals surface area contributed by atoms with Gasteiger partial charge >= 0.3 is 0 Å². The molecule has 0 radical (unpaired) electrons. The summed E-state index contributed by atoms with van der Waals surface area (Å²) in [5.41, 5.74) is 1.18. The molecule has 1 aromatic heterocycles. The minimum absolute atomic E-state index is 0.350. The van der Waals surface area contributed by atoms with Crippen LogP contribution in [0.25, 0.3) is 0 Å². The number of hydrogen-bond donors (Lipinski definition) is 1. The van der Waals surface area contributed by atoms with E-state index >= 15 is 0 Å². The molecule has 1 heterocycles. The predicted octanol–water partition coefficient (Wildman–Crippen LogP) is 3.97. The fourth-order valence-corrected chi connectivity index (χ4v) is 2.55. The fourth-order valence-electron chi connectivity index (χ4n) is 2.55. The van der Waals surface area contributed by atoms with Crippen molar-refractivity contribution in [3.8, 4) is 0 Å². The molecule has 0 saturated heterocycles. The lowest BCUT2D eigenvalue weighted by atomic mass is 10.1. The molecule has 4 heteroatoms. The number of hydrogen-bond acceptors (Lipinski definition) is 4. The van der Waals surface area contributed by atoms with Crippen LogP contribution in [0, 0.1) is 12.8 Å². The summed E-state index contributed by atoms with van der Waals surface area (Å²) in [6.45, 7) is 12.1. The van der Waals surface area contributed by atoms with Crippen molar-refractivity contribution in [1.82, 2.24) is 9.97 Å². The summed E-state index contributed by atoms with van der Waals surface area (Å²) < 4.78 is 0. The van der Waals surface area contributed by atoms with Crippen LogP contribution in [-0.4, -0.2) is 29.6 Å². The summed E-state index contributed by atoms with van der Waals surface area (Å²) in [5, 5.41) is 3.23. The summed E-state index contributed by atoms with van der Waals surface area (Å²) >= 11 is 0. The van der Waals surface area contributed by atoms with Gasteiger partial charge in [0.05, 0.1) is 0 Å². The van der Waals surface area contributed by atoms with Crippen LogP contribution >= 0.6 is 0 Å². The van der Waals surface area contributed by atoms with Crippen molar-refractivity contribution in [1.29, 1.82) is 0 Å². The first-order valence-corrected chi connectivity index (χ1v) is 8.27. The van der Waals surface area contributed by atoms with E-state index in [1.54, 1.807) is 0 Å². The first-order valence-electron chi connectivity index (χ1n) is 8.27. The molecule has 0 unspecified atom stereocenters. The molecule has 1 aliphatic carbocycles. The van der Waals surface area contributed by atoms with E-state index in [0.29, 0.717) is 12.0 Å². The van der Waals surface area contributed by atoms with Gasteiger partial charge in [-0.05, 0) is 32.1 Å². The first kappa shape index (κ1) is 16.1. The van der Waals surface area contributed by atoms with Crippen molar-refractivity contribution in [3.05, 3.63) is 11.4 Å². The normalized spacial score (nSPS) is 14.9. The lowest BCUT2D eigenvalue weighted by Crippen LogP contribution is -2.30. The van der Waals surface area contributed by atoms with Gasteiger partial charge in [0.1, 0.15) is 17.5 Å². The largest absolute Gasteiger partial charge is 0.373 e. The summed E-state index contributed by atoms with van der Waals surface area (Å²) in [7, 11) is 1.94. The Hall–Kier alpha value is -1.32. The van der Waals surface area contributed by atoms with Crippen molar-refractivity contribution in [3.63, 3.8) is 0 Å². The van der Waals surface area contributed by atoms with Crippen LogP contribution in [0.5, 0.6) is 0 Å². The molecule has 1 N–H and O–H groups in total. The van der Waals surface area contributed by atoms with E-state index in [0.717, 1.165) is 29.9 Å². The maximum Gasteiger partial charge on any atom is 0.137 e. The Morgan fingerprint density at radius 3 is 2.33 bits per heavy atom. The Morgan fingerprint density at radius 1 is 1.19 bits per heavy atom. The van der Waals surface area contributed by atoms with Gasteiger partial charge in [-0.3, -0.25) is 0 Å². The smallest absolute Gasteiger partial charge is 0.137 e. The Balaban J connectivity index is 2.35. The molecule has 1 aliphatic rings. The van der Waals surface area contributed by atoms with E-state index < -0.39 is 0 Å². The van der Waals surface area contributed by atoms with Gasteiger partial charge in [-0.2, -0.15) is 0 Å². The van der Waals surface area contributed by atoms with Crippen molar-refractivity contribution < 1.29 is 0 Å². The van der Waals surface area contributed by atoms with Crippen molar-refractivity contribution >= 4 is 11.6 Å². The SMILES string of the molecule is CNc1nc(C(C)C)nc(N(CCC(C)C)C2CC2)c1C. The highest BCUT2D eigenvalue weighted by molar-refractivity contribution is 5.59. The Bertz CT molecular complexity index is 478. The number of rotatable bonds is 7. The molecule has 118 valence electrons. The number of nitrogens with zero attached hydrogens (tertiary/aromatic N) is 3. The topological polar surface area (TPSA) is 41.1 Å². The highest BCUT2D eigenvalue weighted by Gasteiger charge is 2.31. The Labute approximate surface area is 129 Å². The van der Waals surface area contributed by atoms with Crippen molar-refractivity contribution in [2.45, 2.75) is 65.8 Å². The minimum atomic E-state index is 0.350. The predicted molar refractivity (Wildman–Crippen MR) is 90.2 cm³/mol. The maximum absolute atomic E-state index is 4.89. The second-order valence-corrected chi connectivity index (χ2v) is 6.89. The third kappa shape index (κ3) is 3.86. The molecular weight excluding hydrogens is 260 g/mol. The summed E-state index contributed by atoms with van der Waals surface area (Å²) in [5.74, 6) is 4.12. The molecule has 0 amide bonds. The van der Waals surface area contributed by atoms with Gasteiger partial charge in [0.15, 0.2) is 0 Å². The van der Waals surface area contributed by atoms with Crippen LogP contribution < -0.4 is 10.2 Å². The molecule has 0 atom stereocenters. The Kier molecular flexibility index (Phi) is 5.07. The third-order valence-electron chi connectivity index (χ3n) is 4.10. The van der Waals surface area contributed by atoms with Gasteiger partial charge in [-0.15, -0.1) is 0 Å². The average molecular weight is 290 g/mol. The lowest BCUT2D eigenvalue weighted by molar-refractivity contribution is 0.566. The molecule has 4 nitrogen and oxygen atoms in total. The zero-order valence-corrected chi connectivity index (χ0v) is 14.4. The minimum Gasteiger partial charge on any atom is -0.373 e. The van der Waals surface area contributed by atoms with E-state index in [2.05, 4.69) is 49.8 Å². The van der Waals surface area contributed by atoms with Crippen LogP contribution in [0.1, 0.15) is 64.3 Å². The van der Waals surface area contributed by atoms with Crippen molar-refractivity contribution in [2.24, 2.45) is 5.92 Å². The van der Waals surface area contributed by atoms with Gasteiger partial charge in [0.25, 0.3) is 0 Å². The van der Waals surface area contributed by atoms with E-state index in [1.165, 1.54) is 24.8 Å². The van der Waals surface area contributed by atoms with Crippen LogP contribution in [0.3, 0.4) is 0 Å². The average Bonchev–Trinajstić information content (AvgIpc) is 3.24. The molecule has 0 spiro atoms. The molecular formula is C17H30N4. The lowest BCUT2D eigenvalue weighted by Gasteiger charge is -2.27. The van der Waals surface area contributed by atoms with E-state index in [1.807, 2.05) is 7.05 Å². The summed E-state index contributed by atoms with van der Waals surface area (Å²) in [4.78, 5) is 12.1. The monoisotopic (exact) mass is 290 g/mol. The second-order valence-electron chi connectivity index (χ2n) is 6.89. The third-order valence-corrected chi connectivity index (χ3v) is 4.10. The highest BCUT2D eigenvalue weighted by atomic mass is 15.2. The number of aromatic nitrogens is 2. The van der Waals surface area contributed by atoms with Crippen LogP contribution in [-0.2, 0) is 0 Å². The van der Waals surface area contributed by atoms with Gasteiger partial charge in [0.2, 0.25) is 0 Å². The first-order chi connectivity index (χ1) is 9.93. The number of nitrogens with one attached hydrogen (secondary N) is 1. The van der Waals surface area contributed by atoms with Gasteiger partial charge in [0, 0.05) is 31.1 Å². The zero-order valence-electron chi connectivity index (χ0n) is 14.4. The molecule has 1 fully saturated rings. The summed E-state index contributed by atoms with van der Waals surface area (Å²) in [6.07, 6.45) is 3.81. The molecule has 1 aromatic rings. The fraction of sp³-hybridized carbons (Fsp3) is 0.765. The van der Waals surface area contributed by atoms with Gasteiger partial charge < -0.3 is 10.2 Å². The molecule has 0 aromatic carbocycles. The van der Waals surface area contributed by atoms with Crippen LogP contribution in [0.4, 0.5) is 11.6 Å². The highest BCUT2D eigenvalue weighted by Crippen LogP contribution is 2.35. The molecule has 21 heavy (non-hydrogen) atoms. The Morgan fingerprint density at radius 2 is 1.86 bits per heavy atom.